The van der Waals surface area contributed by atoms with Gasteiger partial charge in [0.05, 0.1) is 6.42 Å². The van der Waals surface area contributed by atoms with E-state index in [0.717, 1.165) is 29.5 Å². The predicted octanol–water partition coefficient (Wildman–Crippen LogP) is 5.10. The third-order valence-corrected chi connectivity index (χ3v) is 6.25. The summed E-state index contributed by atoms with van der Waals surface area (Å²) in [5.74, 6) is -0.0182. The molecule has 1 aliphatic rings. The molecular formula is C27H36N2O2. The van der Waals surface area contributed by atoms with Gasteiger partial charge in [-0.15, -0.1) is 0 Å². The average molecular weight is 421 g/mol. The highest BCUT2D eigenvalue weighted by molar-refractivity contribution is 5.88. The van der Waals surface area contributed by atoms with Crippen LogP contribution >= 0.6 is 0 Å². The van der Waals surface area contributed by atoms with Crippen LogP contribution in [0.1, 0.15) is 67.7 Å². The van der Waals surface area contributed by atoms with E-state index >= 15 is 0 Å². The van der Waals surface area contributed by atoms with E-state index in [9.17, 15) is 9.59 Å². The van der Waals surface area contributed by atoms with Gasteiger partial charge in [-0.1, -0.05) is 85.8 Å². The van der Waals surface area contributed by atoms with Gasteiger partial charge in [-0.3, -0.25) is 9.59 Å². The molecule has 4 nitrogen and oxygen atoms in total. The van der Waals surface area contributed by atoms with Crippen LogP contribution in [0.15, 0.2) is 48.5 Å². The zero-order valence-electron chi connectivity index (χ0n) is 19.2. The summed E-state index contributed by atoms with van der Waals surface area (Å²) in [6.45, 7) is 6.53. The molecule has 1 saturated carbocycles. The second kappa shape index (κ2) is 11.1. The average Bonchev–Trinajstić information content (AvgIpc) is 2.76. The zero-order chi connectivity index (χ0) is 22.2. The van der Waals surface area contributed by atoms with Gasteiger partial charge in [0.25, 0.3) is 0 Å². The topological polar surface area (TPSA) is 49.4 Å². The molecule has 0 heterocycles. The van der Waals surface area contributed by atoms with E-state index in [1.807, 2.05) is 50.2 Å². The Morgan fingerprint density at radius 1 is 0.968 bits per heavy atom. The van der Waals surface area contributed by atoms with E-state index < -0.39 is 6.04 Å². The molecule has 1 atom stereocenters. The highest BCUT2D eigenvalue weighted by Crippen LogP contribution is 2.20. The molecule has 2 aromatic rings. The molecule has 31 heavy (non-hydrogen) atoms. The second-order valence-electron chi connectivity index (χ2n) is 8.94. The lowest BCUT2D eigenvalue weighted by Gasteiger charge is -2.33. The monoisotopic (exact) mass is 420 g/mol. The SMILES string of the molecule is CC[C@@H](C(=O)NC1CCCCC1)N(Cc1cccc(C)c1)C(=O)Cc1ccc(C)cc1. The van der Waals surface area contributed by atoms with Crippen LogP contribution in [0.4, 0.5) is 0 Å². The number of benzene rings is 2. The third-order valence-electron chi connectivity index (χ3n) is 6.25. The van der Waals surface area contributed by atoms with E-state index in [-0.39, 0.29) is 17.9 Å². The Morgan fingerprint density at radius 3 is 2.32 bits per heavy atom. The Kier molecular flexibility index (Phi) is 8.27. The lowest BCUT2D eigenvalue weighted by molar-refractivity contribution is -0.141. The number of hydrogen-bond acceptors (Lipinski definition) is 2. The van der Waals surface area contributed by atoms with Gasteiger partial charge in [0.1, 0.15) is 6.04 Å². The number of nitrogens with one attached hydrogen (secondary N) is 1. The summed E-state index contributed by atoms with van der Waals surface area (Å²) in [7, 11) is 0. The van der Waals surface area contributed by atoms with E-state index in [0.29, 0.717) is 19.4 Å². The number of nitrogens with zero attached hydrogens (tertiary/aromatic N) is 1. The number of carbonyl (C=O) groups is 2. The molecule has 4 heteroatoms. The van der Waals surface area contributed by atoms with Crippen molar-refractivity contribution >= 4 is 11.8 Å². The van der Waals surface area contributed by atoms with Crippen molar-refractivity contribution in [3.05, 3.63) is 70.8 Å². The Labute approximate surface area is 187 Å². The normalized spacial score (nSPS) is 15.3. The Morgan fingerprint density at radius 2 is 1.68 bits per heavy atom. The van der Waals surface area contributed by atoms with Gasteiger partial charge in [0.2, 0.25) is 11.8 Å². The Balaban J connectivity index is 1.80. The van der Waals surface area contributed by atoms with Gasteiger partial charge in [-0.05, 0) is 44.2 Å². The molecule has 0 spiro atoms. The highest BCUT2D eigenvalue weighted by Gasteiger charge is 2.30. The van der Waals surface area contributed by atoms with Crippen LogP contribution in [0.2, 0.25) is 0 Å². The summed E-state index contributed by atoms with van der Waals surface area (Å²) in [4.78, 5) is 28.5. The first-order valence-corrected chi connectivity index (χ1v) is 11.7. The summed E-state index contributed by atoms with van der Waals surface area (Å²) in [6, 6.07) is 16.0. The van der Waals surface area contributed by atoms with E-state index in [4.69, 9.17) is 0 Å². The summed E-state index contributed by atoms with van der Waals surface area (Å²) in [5.41, 5.74) is 4.36. The van der Waals surface area contributed by atoms with Crippen LogP contribution in [0.5, 0.6) is 0 Å². The minimum absolute atomic E-state index is 0.00370. The van der Waals surface area contributed by atoms with Crippen LogP contribution in [0.25, 0.3) is 0 Å². The molecule has 0 aromatic heterocycles. The fourth-order valence-corrected chi connectivity index (χ4v) is 4.45. The molecule has 1 N–H and O–H groups in total. The first-order valence-electron chi connectivity index (χ1n) is 11.7. The first-order chi connectivity index (χ1) is 15.0. The fourth-order valence-electron chi connectivity index (χ4n) is 4.45. The van der Waals surface area contributed by atoms with Gasteiger partial charge in [-0.2, -0.15) is 0 Å². The fraction of sp³-hybridized carbons (Fsp3) is 0.481. The molecule has 0 unspecified atom stereocenters. The van der Waals surface area contributed by atoms with E-state index in [2.05, 4.69) is 24.4 Å². The van der Waals surface area contributed by atoms with Crippen molar-refractivity contribution in [3.8, 4) is 0 Å². The maximum atomic E-state index is 13.4. The van der Waals surface area contributed by atoms with Crippen molar-refractivity contribution < 1.29 is 9.59 Å². The molecule has 3 rings (SSSR count). The molecule has 2 aromatic carbocycles. The van der Waals surface area contributed by atoms with Crippen LogP contribution in [0.3, 0.4) is 0 Å². The predicted molar refractivity (Wildman–Crippen MR) is 126 cm³/mol. The van der Waals surface area contributed by atoms with Crippen molar-refractivity contribution in [3.63, 3.8) is 0 Å². The summed E-state index contributed by atoms with van der Waals surface area (Å²) >= 11 is 0. The van der Waals surface area contributed by atoms with Crippen molar-refractivity contribution in [2.75, 3.05) is 0 Å². The van der Waals surface area contributed by atoms with Crippen LogP contribution in [-0.2, 0) is 22.6 Å². The summed E-state index contributed by atoms with van der Waals surface area (Å²) < 4.78 is 0. The van der Waals surface area contributed by atoms with Crippen LogP contribution in [-0.4, -0.2) is 28.8 Å². The molecule has 2 amide bonds. The standard InChI is InChI=1S/C27H36N2O2/c1-4-25(27(31)28-24-11-6-5-7-12-24)29(19-23-10-8-9-21(3)17-23)26(30)18-22-15-13-20(2)14-16-22/h8-10,13-17,24-25H,4-7,11-12,18-19H2,1-3H3,(H,28,31)/t25-/m0/s1. The van der Waals surface area contributed by atoms with Crippen LogP contribution < -0.4 is 5.32 Å². The second-order valence-corrected chi connectivity index (χ2v) is 8.94. The lowest BCUT2D eigenvalue weighted by atomic mass is 9.95. The molecule has 1 aliphatic carbocycles. The minimum Gasteiger partial charge on any atom is -0.352 e. The van der Waals surface area contributed by atoms with Gasteiger partial charge < -0.3 is 10.2 Å². The van der Waals surface area contributed by atoms with Crippen molar-refractivity contribution in [2.24, 2.45) is 0 Å². The largest absolute Gasteiger partial charge is 0.352 e. The Bertz CT molecular complexity index is 869. The van der Waals surface area contributed by atoms with Gasteiger partial charge in [0, 0.05) is 12.6 Å². The Hall–Kier alpha value is -2.62. The quantitative estimate of drug-likeness (QED) is 0.646. The molecular weight excluding hydrogens is 384 g/mol. The molecule has 0 radical (unpaired) electrons. The molecule has 166 valence electrons. The highest BCUT2D eigenvalue weighted by atomic mass is 16.2. The molecule has 0 saturated heterocycles. The van der Waals surface area contributed by atoms with Crippen LogP contribution in [0, 0.1) is 13.8 Å². The van der Waals surface area contributed by atoms with Gasteiger partial charge in [-0.25, -0.2) is 0 Å². The molecule has 0 aliphatic heterocycles. The summed E-state index contributed by atoms with van der Waals surface area (Å²) in [6.07, 6.45) is 6.57. The van der Waals surface area contributed by atoms with Gasteiger partial charge in [0.15, 0.2) is 0 Å². The van der Waals surface area contributed by atoms with Crippen molar-refractivity contribution in [1.29, 1.82) is 0 Å². The first kappa shape index (κ1) is 23.1. The number of carbonyl (C=O) groups excluding carboxylic acids is 2. The zero-order valence-corrected chi connectivity index (χ0v) is 19.2. The van der Waals surface area contributed by atoms with E-state index in [1.165, 1.54) is 24.8 Å². The van der Waals surface area contributed by atoms with Crippen molar-refractivity contribution in [2.45, 2.75) is 84.3 Å². The molecule has 1 fully saturated rings. The number of rotatable bonds is 8. The van der Waals surface area contributed by atoms with Crippen molar-refractivity contribution in [1.82, 2.24) is 10.2 Å². The smallest absolute Gasteiger partial charge is 0.243 e. The third kappa shape index (κ3) is 6.68. The number of aryl methyl sites for hydroxylation is 2. The maximum Gasteiger partial charge on any atom is 0.243 e. The lowest BCUT2D eigenvalue weighted by Crippen LogP contribution is -2.51. The minimum atomic E-state index is -0.458. The van der Waals surface area contributed by atoms with Gasteiger partial charge >= 0.3 is 0 Å². The van der Waals surface area contributed by atoms with E-state index in [1.54, 1.807) is 4.90 Å². The molecule has 0 bridgehead atoms. The number of hydrogen-bond donors (Lipinski definition) is 1. The summed E-state index contributed by atoms with van der Waals surface area (Å²) in [5, 5.41) is 3.24. The number of amides is 2. The maximum absolute atomic E-state index is 13.4.